The molecule has 0 aliphatic heterocycles. The normalized spacial score (nSPS) is 10.9. The van der Waals surface area contributed by atoms with Crippen LogP contribution in [0.3, 0.4) is 0 Å². The van der Waals surface area contributed by atoms with Crippen molar-refractivity contribution in [2.24, 2.45) is 0 Å². The number of hydrogen-bond donors (Lipinski definition) is 1. The zero-order chi connectivity index (χ0) is 17.4. The molecule has 0 aliphatic carbocycles. The van der Waals surface area contributed by atoms with Gasteiger partial charge >= 0.3 is 0 Å². The highest BCUT2D eigenvalue weighted by Crippen LogP contribution is 2.35. The number of nitrogens with one attached hydrogen (secondary N) is 1. The second kappa shape index (κ2) is 6.44. The summed E-state index contributed by atoms with van der Waals surface area (Å²) >= 11 is 8.66. The van der Waals surface area contributed by atoms with Crippen molar-refractivity contribution in [3.63, 3.8) is 0 Å². The van der Waals surface area contributed by atoms with Gasteiger partial charge in [0.25, 0.3) is 5.91 Å². The minimum atomic E-state index is -0.344. The van der Waals surface area contributed by atoms with Crippen LogP contribution in [0.1, 0.15) is 20.8 Å². The highest BCUT2D eigenvalue weighted by Gasteiger charge is 2.17. The molecule has 1 amide bonds. The molecule has 25 heavy (non-hydrogen) atoms. The first-order chi connectivity index (χ1) is 12.2. The lowest BCUT2D eigenvalue weighted by molar-refractivity contribution is 0.102. The number of nitrogens with zero attached hydrogens (tertiary/aromatic N) is 2. The Bertz CT molecular complexity index is 1050. The maximum absolute atomic E-state index is 12.4. The molecule has 0 aliphatic rings. The van der Waals surface area contributed by atoms with Crippen LogP contribution in [-0.2, 0) is 0 Å². The van der Waals surface area contributed by atoms with Gasteiger partial charge in [-0.25, -0.2) is 4.98 Å². The fraction of sp³-hybridized carbons (Fsp3) is 0. The van der Waals surface area contributed by atoms with Gasteiger partial charge in [-0.05, 0) is 17.7 Å². The first-order valence-corrected chi connectivity index (χ1v) is 9.35. The van der Waals surface area contributed by atoms with E-state index in [1.165, 1.54) is 22.7 Å². The number of hydrogen-bond acceptors (Lipinski definition) is 5. The Morgan fingerprint density at radius 3 is 2.76 bits per heavy atom. The molecule has 4 aromatic rings. The van der Waals surface area contributed by atoms with Gasteiger partial charge in [-0.1, -0.05) is 23.7 Å². The Labute approximate surface area is 155 Å². The van der Waals surface area contributed by atoms with Crippen LogP contribution in [0.15, 0.2) is 47.4 Å². The molecule has 4 rings (SSSR count). The predicted molar refractivity (Wildman–Crippen MR) is 101 cm³/mol. The first-order valence-electron chi connectivity index (χ1n) is 7.22. The summed E-state index contributed by atoms with van der Waals surface area (Å²) in [6, 6.07) is 7.21. The number of aromatic nitrogens is 2. The number of aldehydes is 1. The zero-order valence-corrected chi connectivity index (χ0v) is 15.0. The fourth-order valence-corrected chi connectivity index (χ4v) is 4.20. The molecule has 1 aromatic carbocycles. The Morgan fingerprint density at radius 2 is 2.04 bits per heavy atom. The van der Waals surface area contributed by atoms with Crippen LogP contribution in [0.25, 0.3) is 16.1 Å². The smallest absolute Gasteiger partial charge is 0.276 e. The summed E-state index contributed by atoms with van der Waals surface area (Å²) in [4.78, 5) is 29.0. The number of amides is 1. The number of imidazole rings is 1. The van der Waals surface area contributed by atoms with Gasteiger partial charge < -0.3 is 5.32 Å². The lowest BCUT2D eigenvalue weighted by Gasteiger charge is -2.03. The molecule has 5 nitrogen and oxygen atoms in total. The van der Waals surface area contributed by atoms with Gasteiger partial charge in [0, 0.05) is 33.7 Å². The van der Waals surface area contributed by atoms with Crippen LogP contribution < -0.4 is 5.32 Å². The van der Waals surface area contributed by atoms with Gasteiger partial charge in [-0.3, -0.25) is 14.0 Å². The molecule has 0 radical (unpaired) electrons. The van der Waals surface area contributed by atoms with Crippen molar-refractivity contribution in [2.45, 2.75) is 0 Å². The predicted octanol–water partition coefficient (Wildman–Crippen LogP) is 4.84. The van der Waals surface area contributed by atoms with Crippen LogP contribution >= 0.6 is 34.3 Å². The van der Waals surface area contributed by atoms with E-state index in [2.05, 4.69) is 10.3 Å². The van der Waals surface area contributed by atoms with Crippen molar-refractivity contribution in [1.29, 1.82) is 0 Å². The molecular weight excluding hydrogens is 378 g/mol. The molecule has 1 N–H and O–H groups in total. The molecule has 0 atom stereocenters. The van der Waals surface area contributed by atoms with Crippen LogP contribution in [0.5, 0.6) is 0 Å². The average molecular weight is 388 g/mol. The van der Waals surface area contributed by atoms with E-state index >= 15 is 0 Å². The van der Waals surface area contributed by atoms with Crippen molar-refractivity contribution >= 4 is 56.4 Å². The Kier molecular flexibility index (Phi) is 4.12. The van der Waals surface area contributed by atoms with E-state index in [0.29, 0.717) is 21.3 Å². The van der Waals surface area contributed by atoms with Gasteiger partial charge in [0.2, 0.25) is 0 Å². The summed E-state index contributed by atoms with van der Waals surface area (Å²) in [5.41, 5.74) is 2.38. The average Bonchev–Trinajstić information content (AvgIpc) is 3.29. The summed E-state index contributed by atoms with van der Waals surface area (Å²) in [6.45, 7) is 0. The maximum Gasteiger partial charge on any atom is 0.276 e. The fourth-order valence-electron chi connectivity index (χ4n) is 2.44. The number of carbonyl (C=O) groups excluding carboxylic acids is 2. The number of thiazole rings is 1. The van der Waals surface area contributed by atoms with Crippen molar-refractivity contribution < 1.29 is 9.59 Å². The standard InChI is InChI=1S/C17H10ClN3O2S2/c18-11-3-1-10(2-4-11)13-9-25-16(12(13)8-22)20-15(23)14-7-21-5-6-24-17(21)19-14/h1-9H,(H,20,23). The molecule has 8 heteroatoms. The summed E-state index contributed by atoms with van der Waals surface area (Å²) in [6.07, 6.45) is 4.25. The third-order valence-electron chi connectivity index (χ3n) is 3.66. The minimum Gasteiger partial charge on any atom is -0.312 e. The minimum absolute atomic E-state index is 0.310. The Morgan fingerprint density at radius 1 is 1.24 bits per heavy atom. The second-order valence-electron chi connectivity index (χ2n) is 5.19. The molecule has 0 fully saturated rings. The van der Waals surface area contributed by atoms with Crippen LogP contribution in [0.4, 0.5) is 5.00 Å². The summed E-state index contributed by atoms with van der Waals surface area (Å²) < 4.78 is 1.79. The van der Waals surface area contributed by atoms with Crippen LogP contribution in [0.2, 0.25) is 5.02 Å². The van der Waals surface area contributed by atoms with Gasteiger partial charge in [-0.2, -0.15) is 0 Å². The number of rotatable bonds is 4. The van der Waals surface area contributed by atoms with E-state index in [4.69, 9.17) is 11.6 Å². The van der Waals surface area contributed by atoms with Gasteiger partial charge in [-0.15, -0.1) is 22.7 Å². The van der Waals surface area contributed by atoms with Crippen molar-refractivity contribution in [2.75, 3.05) is 5.32 Å². The number of benzene rings is 1. The second-order valence-corrected chi connectivity index (χ2v) is 7.38. The summed E-state index contributed by atoms with van der Waals surface area (Å²) in [5, 5.41) is 7.64. The van der Waals surface area contributed by atoms with Gasteiger partial charge in [0.1, 0.15) is 10.7 Å². The molecule has 3 aromatic heterocycles. The van der Waals surface area contributed by atoms with E-state index in [9.17, 15) is 9.59 Å². The molecule has 0 spiro atoms. The summed E-state index contributed by atoms with van der Waals surface area (Å²) in [7, 11) is 0. The maximum atomic E-state index is 12.4. The highest BCUT2D eigenvalue weighted by atomic mass is 35.5. The van der Waals surface area contributed by atoms with Crippen LogP contribution in [-0.4, -0.2) is 21.6 Å². The number of thiophene rings is 1. The Balaban J connectivity index is 1.64. The first kappa shape index (κ1) is 16.0. The van der Waals surface area contributed by atoms with E-state index < -0.39 is 0 Å². The van der Waals surface area contributed by atoms with E-state index in [1.54, 1.807) is 22.7 Å². The quantitative estimate of drug-likeness (QED) is 0.509. The van der Waals surface area contributed by atoms with E-state index in [1.807, 2.05) is 29.1 Å². The van der Waals surface area contributed by atoms with E-state index in [0.717, 1.165) is 22.4 Å². The topological polar surface area (TPSA) is 63.5 Å². The molecule has 0 saturated carbocycles. The molecule has 0 saturated heterocycles. The number of fused-ring (bicyclic) bond motifs is 1. The van der Waals surface area contributed by atoms with E-state index in [-0.39, 0.29) is 5.91 Å². The van der Waals surface area contributed by atoms with Crippen molar-refractivity contribution in [3.05, 3.63) is 63.7 Å². The molecule has 0 bridgehead atoms. The van der Waals surface area contributed by atoms with Crippen LogP contribution in [0, 0.1) is 0 Å². The molecule has 124 valence electrons. The largest absolute Gasteiger partial charge is 0.312 e. The third kappa shape index (κ3) is 2.97. The highest BCUT2D eigenvalue weighted by molar-refractivity contribution is 7.15. The van der Waals surface area contributed by atoms with Crippen molar-refractivity contribution in [1.82, 2.24) is 9.38 Å². The summed E-state index contributed by atoms with van der Waals surface area (Å²) in [5.74, 6) is -0.344. The third-order valence-corrected chi connectivity index (χ3v) is 5.59. The lowest BCUT2D eigenvalue weighted by Crippen LogP contribution is -2.12. The molecule has 3 heterocycles. The van der Waals surface area contributed by atoms with Gasteiger partial charge in [0.05, 0.1) is 5.56 Å². The lowest BCUT2D eigenvalue weighted by atomic mass is 10.1. The van der Waals surface area contributed by atoms with Gasteiger partial charge in [0.15, 0.2) is 11.2 Å². The van der Waals surface area contributed by atoms with Crippen molar-refractivity contribution in [3.8, 4) is 11.1 Å². The molecule has 0 unspecified atom stereocenters. The zero-order valence-electron chi connectivity index (χ0n) is 12.6. The Hall–Kier alpha value is -2.48. The number of halogens is 1. The number of anilines is 1. The molecular formula is C17H10ClN3O2S2. The number of carbonyl (C=O) groups is 2. The monoisotopic (exact) mass is 387 g/mol. The SMILES string of the molecule is O=Cc1c(-c2ccc(Cl)cc2)csc1NC(=O)c1cn2ccsc2n1.